The number of esters is 1. The van der Waals surface area contributed by atoms with E-state index >= 15 is 0 Å². The topological polar surface area (TPSA) is 130 Å². The van der Waals surface area contributed by atoms with E-state index in [1.165, 1.54) is 52.4 Å². The summed E-state index contributed by atoms with van der Waals surface area (Å²) in [7, 11) is 2.22. The van der Waals surface area contributed by atoms with Crippen LogP contribution in [0.4, 0.5) is 5.69 Å². The van der Waals surface area contributed by atoms with Crippen LogP contribution >= 0.6 is 11.8 Å². The van der Waals surface area contributed by atoms with Gasteiger partial charge in [-0.15, -0.1) is 0 Å². The molecule has 0 radical (unpaired) electrons. The fraction of sp³-hybridized carbons (Fsp3) is 0.265. The Bertz CT molecular complexity index is 1390. The fourth-order valence-electron chi connectivity index (χ4n) is 4.46. The van der Waals surface area contributed by atoms with E-state index in [4.69, 9.17) is 20.7 Å². The molecule has 0 amide bonds. The monoisotopic (exact) mass is 602 g/mol. The van der Waals surface area contributed by atoms with Crippen molar-refractivity contribution in [2.24, 2.45) is 0 Å². The van der Waals surface area contributed by atoms with Gasteiger partial charge < -0.3 is 25.6 Å². The fourth-order valence-corrected chi connectivity index (χ4v) is 5.55. The molecule has 4 N–H and O–H groups in total. The Morgan fingerprint density at radius 1 is 0.860 bits per heavy atom. The number of hydrogen-bond acceptors (Lipinski definition) is 7. The number of aliphatic carboxylic acids is 2. The van der Waals surface area contributed by atoms with Crippen molar-refractivity contribution in [3.05, 3.63) is 107 Å². The molecule has 0 saturated carbocycles. The summed E-state index contributed by atoms with van der Waals surface area (Å²) in [5, 5.41) is 15.6. The Labute approximate surface area is 256 Å². The van der Waals surface area contributed by atoms with Gasteiger partial charge in [-0.3, -0.25) is 0 Å². The maximum Gasteiger partial charge on any atom is 0.338 e. The van der Waals surface area contributed by atoms with E-state index in [0.29, 0.717) is 30.0 Å². The third-order valence-electron chi connectivity index (χ3n) is 6.72. The van der Waals surface area contributed by atoms with E-state index in [2.05, 4.69) is 67.4 Å². The standard InChI is InChI=1S/C19H19NS.C11H15NO2.C4H4O4/c1-20-12-10-14(11-13-20)19-15-6-2-4-8-17(15)21-18-9-5-3-7-16(18)19;1-2-3-8-14-11(13)9-4-6-10(12)7-5-9;5-3(6)1-2-4(7)8/h2-9H,10-13H2,1H3;4-7H,2-3,8,12H2,1H3;1-2H,(H,5,6)(H,7,8). The van der Waals surface area contributed by atoms with Crippen molar-refractivity contribution in [1.29, 1.82) is 0 Å². The Kier molecular flexibility index (Phi) is 13.1. The SMILES string of the molecule is CCCCOC(=O)c1ccc(N)cc1.CN1CCC(=C2c3ccccc3Sc3ccccc32)CC1.O=C(O)C=CC(=O)O. The molecule has 8 nitrogen and oxygen atoms in total. The molecule has 2 aliphatic heterocycles. The number of carboxylic acids is 2. The van der Waals surface area contributed by atoms with Gasteiger partial charge in [0.25, 0.3) is 0 Å². The lowest BCUT2D eigenvalue weighted by Crippen LogP contribution is -2.27. The van der Waals surface area contributed by atoms with E-state index in [0.717, 1.165) is 12.8 Å². The minimum absolute atomic E-state index is 0.279. The molecular weight excluding hydrogens is 564 g/mol. The van der Waals surface area contributed by atoms with Gasteiger partial charge in [-0.2, -0.15) is 0 Å². The molecule has 0 bridgehead atoms. The van der Waals surface area contributed by atoms with Gasteiger partial charge in [0, 0.05) is 40.7 Å². The van der Waals surface area contributed by atoms with Crippen molar-refractivity contribution < 1.29 is 29.3 Å². The highest BCUT2D eigenvalue weighted by Crippen LogP contribution is 2.47. The number of likely N-dealkylation sites (tertiary alicyclic amines) is 1. The maximum absolute atomic E-state index is 11.4. The number of unbranched alkanes of at least 4 members (excludes halogenated alkanes) is 1. The smallest absolute Gasteiger partial charge is 0.338 e. The van der Waals surface area contributed by atoms with Crippen LogP contribution in [0.25, 0.3) is 5.57 Å². The number of benzene rings is 3. The number of nitrogens with zero attached hydrogens (tertiary/aromatic N) is 1. The minimum atomic E-state index is -1.26. The van der Waals surface area contributed by atoms with E-state index < -0.39 is 11.9 Å². The summed E-state index contributed by atoms with van der Waals surface area (Å²) < 4.78 is 5.03. The summed E-state index contributed by atoms with van der Waals surface area (Å²) in [6, 6.07) is 24.5. The number of nitrogens with two attached hydrogens (primary N) is 1. The summed E-state index contributed by atoms with van der Waals surface area (Å²) in [6.45, 7) is 4.89. The van der Waals surface area contributed by atoms with E-state index in [1.807, 2.05) is 11.8 Å². The van der Waals surface area contributed by atoms with Gasteiger partial charge in [-0.05, 0) is 79.4 Å². The second kappa shape index (κ2) is 16.9. The zero-order valence-electron chi connectivity index (χ0n) is 24.5. The molecule has 43 heavy (non-hydrogen) atoms. The van der Waals surface area contributed by atoms with Crippen LogP contribution in [0.15, 0.2) is 100 Å². The van der Waals surface area contributed by atoms with Crippen LogP contribution in [-0.4, -0.2) is 59.8 Å². The van der Waals surface area contributed by atoms with Gasteiger partial charge >= 0.3 is 17.9 Å². The van der Waals surface area contributed by atoms with Crippen molar-refractivity contribution in [1.82, 2.24) is 4.90 Å². The lowest BCUT2D eigenvalue weighted by atomic mass is 9.88. The lowest BCUT2D eigenvalue weighted by Gasteiger charge is -2.30. The van der Waals surface area contributed by atoms with Crippen molar-refractivity contribution in [3.63, 3.8) is 0 Å². The number of anilines is 1. The average Bonchev–Trinajstić information content (AvgIpc) is 3.00. The molecule has 226 valence electrons. The van der Waals surface area contributed by atoms with Gasteiger partial charge in [0.2, 0.25) is 0 Å². The largest absolute Gasteiger partial charge is 0.478 e. The predicted molar refractivity (Wildman–Crippen MR) is 170 cm³/mol. The van der Waals surface area contributed by atoms with Gasteiger partial charge in [0.1, 0.15) is 0 Å². The highest BCUT2D eigenvalue weighted by Gasteiger charge is 2.24. The Balaban J connectivity index is 0.000000200. The van der Waals surface area contributed by atoms with Gasteiger partial charge in [-0.25, -0.2) is 14.4 Å². The quantitative estimate of drug-likeness (QED) is 0.0965. The van der Waals surface area contributed by atoms with Crippen molar-refractivity contribution in [2.45, 2.75) is 42.4 Å². The number of hydrogen-bond donors (Lipinski definition) is 3. The van der Waals surface area contributed by atoms with Gasteiger partial charge in [0.05, 0.1) is 12.2 Å². The van der Waals surface area contributed by atoms with Crippen LogP contribution in [0.2, 0.25) is 0 Å². The lowest BCUT2D eigenvalue weighted by molar-refractivity contribution is -0.134. The van der Waals surface area contributed by atoms with Crippen LogP contribution in [0.5, 0.6) is 0 Å². The summed E-state index contributed by atoms with van der Waals surface area (Å²) >= 11 is 1.91. The summed E-state index contributed by atoms with van der Waals surface area (Å²) in [5.74, 6) is -2.79. The maximum atomic E-state index is 11.4. The second-order valence-electron chi connectivity index (χ2n) is 10.00. The van der Waals surface area contributed by atoms with Crippen molar-refractivity contribution >= 4 is 40.9 Å². The molecule has 9 heteroatoms. The summed E-state index contributed by atoms with van der Waals surface area (Å²) in [6.07, 6.45) is 5.43. The number of carboxylic acid groups (broad SMARTS) is 2. The Hall–Kier alpha value is -4.34. The van der Waals surface area contributed by atoms with Crippen LogP contribution in [0.1, 0.15) is 54.1 Å². The molecule has 5 rings (SSSR count). The van der Waals surface area contributed by atoms with Gasteiger partial charge in [0.15, 0.2) is 0 Å². The number of ether oxygens (including phenoxy) is 1. The van der Waals surface area contributed by atoms with Gasteiger partial charge in [-0.1, -0.05) is 67.1 Å². The zero-order chi connectivity index (χ0) is 31.2. The number of fused-ring (bicyclic) bond motifs is 2. The number of carbonyl (C=O) groups excluding carboxylic acids is 1. The third kappa shape index (κ3) is 10.5. The highest BCUT2D eigenvalue weighted by atomic mass is 32.2. The molecule has 1 fully saturated rings. The first-order valence-corrected chi connectivity index (χ1v) is 14.9. The highest BCUT2D eigenvalue weighted by molar-refractivity contribution is 7.99. The summed E-state index contributed by atoms with van der Waals surface area (Å²) in [5.41, 5.74) is 12.7. The van der Waals surface area contributed by atoms with Crippen LogP contribution in [-0.2, 0) is 14.3 Å². The summed E-state index contributed by atoms with van der Waals surface area (Å²) in [4.78, 5) is 35.7. The molecule has 0 atom stereocenters. The number of nitrogen functional groups attached to an aromatic ring is 1. The molecule has 0 unspecified atom stereocenters. The molecular formula is C34H38N2O6S. The second-order valence-corrected chi connectivity index (χ2v) is 11.1. The molecule has 2 aliphatic rings. The molecule has 0 aliphatic carbocycles. The third-order valence-corrected chi connectivity index (χ3v) is 7.87. The van der Waals surface area contributed by atoms with Crippen LogP contribution in [0, 0.1) is 0 Å². The molecule has 0 aromatic heterocycles. The predicted octanol–water partition coefficient (Wildman–Crippen LogP) is 6.62. The zero-order valence-corrected chi connectivity index (χ0v) is 25.3. The van der Waals surface area contributed by atoms with E-state index in [-0.39, 0.29) is 5.97 Å². The molecule has 1 saturated heterocycles. The van der Waals surface area contributed by atoms with E-state index in [9.17, 15) is 14.4 Å². The Morgan fingerprint density at radius 2 is 1.37 bits per heavy atom. The molecule has 3 aromatic rings. The van der Waals surface area contributed by atoms with Crippen molar-refractivity contribution in [3.8, 4) is 0 Å². The minimum Gasteiger partial charge on any atom is -0.478 e. The van der Waals surface area contributed by atoms with Crippen LogP contribution < -0.4 is 5.73 Å². The number of rotatable bonds is 6. The number of carbonyl (C=O) groups is 3. The average molecular weight is 603 g/mol. The normalized spacial score (nSPS) is 13.9. The van der Waals surface area contributed by atoms with Crippen molar-refractivity contribution in [2.75, 3.05) is 32.5 Å². The molecule has 2 heterocycles. The van der Waals surface area contributed by atoms with Crippen LogP contribution in [0.3, 0.4) is 0 Å². The molecule has 3 aromatic carbocycles. The Morgan fingerprint density at radius 3 is 1.86 bits per heavy atom. The molecule has 0 spiro atoms. The number of piperidine rings is 1. The van der Waals surface area contributed by atoms with E-state index in [1.54, 1.807) is 29.8 Å². The first-order valence-electron chi connectivity index (χ1n) is 14.1. The first-order chi connectivity index (χ1) is 20.7. The first kappa shape index (κ1) is 33.2.